The first kappa shape index (κ1) is 20.6. The molecule has 3 aromatic rings. The SMILES string of the molecule is COCCN(CCOC)Cc1cn(-c2ccccc2)nc1-c1ccc(Cl)cc1. The summed E-state index contributed by atoms with van der Waals surface area (Å²) in [6.07, 6.45) is 2.10. The highest BCUT2D eigenvalue weighted by molar-refractivity contribution is 6.30. The van der Waals surface area contributed by atoms with E-state index in [-0.39, 0.29) is 0 Å². The third-order valence-corrected chi connectivity index (χ3v) is 4.80. The van der Waals surface area contributed by atoms with Crippen LogP contribution in [0, 0.1) is 0 Å². The minimum atomic E-state index is 0.673. The lowest BCUT2D eigenvalue weighted by atomic mass is 10.1. The molecule has 148 valence electrons. The Kier molecular flexibility index (Phi) is 7.62. The molecule has 1 aromatic heterocycles. The van der Waals surface area contributed by atoms with Crippen molar-refractivity contribution in [2.45, 2.75) is 6.54 Å². The molecule has 28 heavy (non-hydrogen) atoms. The topological polar surface area (TPSA) is 39.5 Å². The molecule has 2 aromatic carbocycles. The zero-order valence-corrected chi connectivity index (χ0v) is 17.1. The van der Waals surface area contributed by atoms with Gasteiger partial charge in [-0.3, -0.25) is 4.90 Å². The molecule has 0 radical (unpaired) electrons. The van der Waals surface area contributed by atoms with E-state index in [1.54, 1.807) is 14.2 Å². The van der Waals surface area contributed by atoms with Crippen molar-refractivity contribution < 1.29 is 9.47 Å². The van der Waals surface area contributed by atoms with E-state index in [9.17, 15) is 0 Å². The van der Waals surface area contributed by atoms with Crippen molar-refractivity contribution in [3.63, 3.8) is 0 Å². The Hall–Kier alpha value is -2.18. The van der Waals surface area contributed by atoms with E-state index in [1.807, 2.05) is 47.1 Å². The number of nitrogens with zero attached hydrogens (tertiary/aromatic N) is 3. The molecule has 0 saturated carbocycles. The second kappa shape index (κ2) is 10.4. The van der Waals surface area contributed by atoms with Gasteiger partial charge in [-0.25, -0.2) is 4.68 Å². The van der Waals surface area contributed by atoms with Gasteiger partial charge in [-0.2, -0.15) is 5.10 Å². The number of rotatable bonds is 10. The number of aromatic nitrogens is 2. The number of hydrogen-bond acceptors (Lipinski definition) is 4. The van der Waals surface area contributed by atoms with E-state index in [2.05, 4.69) is 23.2 Å². The fourth-order valence-corrected chi connectivity index (χ4v) is 3.17. The van der Waals surface area contributed by atoms with Crippen molar-refractivity contribution in [1.82, 2.24) is 14.7 Å². The smallest absolute Gasteiger partial charge is 0.0972 e. The molecule has 0 N–H and O–H groups in total. The predicted molar refractivity (Wildman–Crippen MR) is 113 cm³/mol. The van der Waals surface area contributed by atoms with Crippen molar-refractivity contribution >= 4 is 11.6 Å². The van der Waals surface area contributed by atoms with Crippen molar-refractivity contribution in [2.75, 3.05) is 40.5 Å². The largest absolute Gasteiger partial charge is 0.383 e. The van der Waals surface area contributed by atoms with Gasteiger partial charge in [0, 0.05) is 56.2 Å². The predicted octanol–water partition coefficient (Wildman–Crippen LogP) is 4.29. The quantitative estimate of drug-likeness (QED) is 0.510. The lowest BCUT2D eigenvalue weighted by Gasteiger charge is -2.21. The van der Waals surface area contributed by atoms with Crippen molar-refractivity contribution in [3.05, 3.63) is 71.4 Å². The fraction of sp³-hybridized carbons (Fsp3) is 0.318. The van der Waals surface area contributed by atoms with Crippen LogP contribution < -0.4 is 0 Å². The lowest BCUT2D eigenvalue weighted by molar-refractivity contribution is 0.110. The summed E-state index contributed by atoms with van der Waals surface area (Å²) in [6, 6.07) is 18.0. The van der Waals surface area contributed by atoms with E-state index in [1.165, 1.54) is 0 Å². The zero-order valence-electron chi connectivity index (χ0n) is 16.3. The molecule has 0 saturated heterocycles. The maximum atomic E-state index is 6.08. The molecular weight excluding hydrogens is 374 g/mol. The molecule has 3 rings (SSSR count). The average molecular weight is 400 g/mol. The van der Waals surface area contributed by atoms with Gasteiger partial charge in [-0.05, 0) is 24.3 Å². The van der Waals surface area contributed by atoms with Crippen molar-refractivity contribution in [3.8, 4) is 16.9 Å². The maximum Gasteiger partial charge on any atom is 0.0972 e. The number of ether oxygens (including phenoxy) is 2. The third-order valence-electron chi connectivity index (χ3n) is 4.55. The molecule has 0 atom stereocenters. The van der Waals surface area contributed by atoms with Crippen LogP contribution in [-0.2, 0) is 16.0 Å². The van der Waals surface area contributed by atoms with Crippen LogP contribution in [0.4, 0.5) is 0 Å². The standard InChI is InChI=1S/C22H26ClN3O2/c1-27-14-12-25(13-15-28-2)16-19-17-26(21-6-4-3-5-7-21)24-22(19)18-8-10-20(23)11-9-18/h3-11,17H,12-16H2,1-2H3. The zero-order chi connectivity index (χ0) is 19.8. The number of hydrogen-bond donors (Lipinski definition) is 0. The first-order valence-corrected chi connectivity index (χ1v) is 9.69. The molecular formula is C22H26ClN3O2. The Bertz CT molecular complexity index is 842. The van der Waals surface area contributed by atoms with Gasteiger partial charge in [0.15, 0.2) is 0 Å². The van der Waals surface area contributed by atoms with Crippen LogP contribution in [0.25, 0.3) is 16.9 Å². The number of para-hydroxylation sites is 1. The summed E-state index contributed by atoms with van der Waals surface area (Å²) in [5.74, 6) is 0. The van der Waals surface area contributed by atoms with Gasteiger partial charge in [0.25, 0.3) is 0 Å². The molecule has 0 aliphatic carbocycles. The van der Waals surface area contributed by atoms with E-state index in [0.29, 0.717) is 13.2 Å². The maximum absolute atomic E-state index is 6.08. The molecule has 0 bridgehead atoms. The molecule has 0 aliphatic rings. The fourth-order valence-electron chi connectivity index (χ4n) is 3.04. The van der Waals surface area contributed by atoms with Crippen LogP contribution in [0.3, 0.4) is 0 Å². The normalized spacial score (nSPS) is 11.3. The summed E-state index contributed by atoms with van der Waals surface area (Å²) in [5, 5.41) is 5.60. The molecule has 0 spiro atoms. The average Bonchev–Trinajstić information content (AvgIpc) is 3.15. The molecule has 0 unspecified atom stereocenters. The Morgan fingerprint density at radius 1 is 0.929 bits per heavy atom. The van der Waals surface area contributed by atoms with Gasteiger partial charge in [0.05, 0.1) is 24.6 Å². The van der Waals surface area contributed by atoms with Crippen LogP contribution in [0.1, 0.15) is 5.56 Å². The minimum absolute atomic E-state index is 0.673. The first-order chi connectivity index (χ1) is 13.7. The Morgan fingerprint density at radius 2 is 1.57 bits per heavy atom. The van der Waals surface area contributed by atoms with Gasteiger partial charge in [0.1, 0.15) is 0 Å². The second-order valence-corrected chi connectivity index (χ2v) is 6.99. The molecule has 0 aliphatic heterocycles. The highest BCUT2D eigenvalue weighted by Gasteiger charge is 2.16. The van der Waals surface area contributed by atoms with Crippen LogP contribution >= 0.6 is 11.6 Å². The van der Waals surface area contributed by atoms with Crippen LogP contribution in [0.5, 0.6) is 0 Å². The molecule has 6 heteroatoms. The van der Waals surface area contributed by atoms with Crippen LogP contribution in [-0.4, -0.2) is 55.2 Å². The lowest BCUT2D eigenvalue weighted by Crippen LogP contribution is -2.30. The second-order valence-electron chi connectivity index (χ2n) is 6.55. The van der Waals surface area contributed by atoms with E-state index >= 15 is 0 Å². The van der Waals surface area contributed by atoms with Crippen molar-refractivity contribution in [1.29, 1.82) is 0 Å². The van der Waals surface area contributed by atoms with E-state index < -0.39 is 0 Å². The Morgan fingerprint density at radius 3 is 2.18 bits per heavy atom. The van der Waals surface area contributed by atoms with Gasteiger partial charge in [-0.15, -0.1) is 0 Å². The van der Waals surface area contributed by atoms with E-state index in [4.69, 9.17) is 26.2 Å². The molecule has 5 nitrogen and oxygen atoms in total. The van der Waals surface area contributed by atoms with E-state index in [0.717, 1.165) is 47.2 Å². The summed E-state index contributed by atoms with van der Waals surface area (Å²) in [6.45, 7) is 3.77. The number of benzene rings is 2. The third kappa shape index (κ3) is 5.42. The van der Waals surface area contributed by atoms with Crippen LogP contribution in [0.2, 0.25) is 5.02 Å². The first-order valence-electron chi connectivity index (χ1n) is 9.31. The highest BCUT2D eigenvalue weighted by atomic mass is 35.5. The van der Waals surface area contributed by atoms with Gasteiger partial charge < -0.3 is 9.47 Å². The highest BCUT2D eigenvalue weighted by Crippen LogP contribution is 2.26. The number of halogens is 1. The molecule has 0 amide bonds. The summed E-state index contributed by atoms with van der Waals surface area (Å²) >= 11 is 6.08. The summed E-state index contributed by atoms with van der Waals surface area (Å²) in [7, 11) is 3.45. The summed E-state index contributed by atoms with van der Waals surface area (Å²) < 4.78 is 12.5. The molecule has 0 fully saturated rings. The Labute approximate surface area is 171 Å². The van der Waals surface area contributed by atoms with Gasteiger partial charge >= 0.3 is 0 Å². The van der Waals surface area contributed by atoms with Gasteiger partial charge in [-0.1, -0.05) is 41.9 Å². The summed E-state index contributed by atoms with van der Waals surface area (Å²) in [4.78, 5) is 2.32. The monoisotopic (exact) mass is 399 g/mol. The minimum Gasteiger partial charge on any atom is -0.383 e. The van der Waals surface area contributed by atoms with Gasteiger partial charge in [0.2, 0.25) is 0 Å². The Balaban J connectivity index is 1.94. The molecule has 1 heterocycles. The van der Waals surface area contributed by atoms with Crippen LogP contribution in [0.15, 0.2) is 60.8 Å². The van der Waals surface area contributed by atoms with Crippen molar-refractivity contribution in [2.24, 2.45) is 0 Å². The number of methoxy groups -OCH3 is 2. The summed E-state index contributed by atoms with van der Waals surface area (Å²) in [5.41, 5.74) is 4.19.